The zero-order valence-electron chi connectivity index (χ0n) is 8.69. The van der Waals surface area contributed by atoms with E-state index < -0.39 is 0 Å². The van der Waals surface area contributed by atoms with Crippen LogP contribution in [0, 0.1) is 0 Å². The van der Waals surface area contributed by atoms with Crippen molar-refractivity contribution >= 4 is 5.90 Å². The van der Waals surface area contributed by atoms with E-state index >= 15 is 0 Å². The van der Waals surface area contributed by atoms with Crippen LogP contribution in [0.3, 0.4) is 0 Å². The van der Waals surface area contributed by atoms with E-state index in [-0.39, 0.29) is 12.1 Å². The lowest BCUT2D eigenvalue weighted by atomic mass is 10.1. The van der Waals surface area contributed by atoms with Crippen LogP contribution in [0.25, 0.3) is 0 Å². The van der Waals surface area contributed by atoms with E-state index in [4.69, 9.17) is 9.47 Å². The number of nitrogens with one attached hydrogen (secondary N) is 1. The molecule has 1 aliphatic carbocycles. The molecule has 0 spiro atoms. The van der Waals surface area contributed by atoms with Gasteiger partial charge in [-0.3, -0.25) is 0 Å². The smallest absolute Gasteiger partial charge is 0.361 e. The summed E-state index contributed by atoms with van der Waals surface area (Å²) in [4.78, 5) is 3.39. The summed E-state index contributed by atoms with van der Waals surface area (Å²) >= 11 is 0. The van der Waals surface area contributed by atoms with Crippen molar-refractivity contribution in [2.45, 2.75) is 18.6 Å². The summed E-state index contributed by atoms with van der Waals surface area (Å²) in [5.74, 6) is 0.827. The van der Waals surface area contributed by atoms with Crippen molar-refractivity contribution in [1.29, 1.82) is 0 Å². The Morgan fingerprint density at radius 1 is 1.40 bits per heavy atom. The van der Waals surface area contributed by atoms with Gasteiger partial charge in [-0.25, -0.2) is 4.99 Å². The largest absolute Gasteiger partial charge is 0.450 e. The molecular formula is C12H14NO2+. The standard InChI is InChI=1S/C12H13NO2/c1-14-11-7-15-10-6-8-4-2-3-5-9(8)12(10)13-11/h2-5,10,12H,6-7H2,1H3/p+1/t10-,12+/m0/s1. The Morgan fingerprint density at radius 2 is 2.27 bits per heavy atom. The van der Waals surface area contributed by atoms with Gasteiger partial charge in [-0.2, -0.15) is 0 Å². The van der Waals surface area contributed by atoms with Crippen molar-refractivity contribution in [1.82, 2.24) is 0 Å². The monoisotopic (exact) mass is 204 g/mol. The Balaban J connectivity index is 2.01. The quantitative estimate of drug-likeness (QED) is 0.635. The van der Waals surface area contributed by atoms with Gasteiger partial charge in [-0.15, -0.1) is 0 Å². The van der Waals surface area contributed by atoms with E-state index in [9.17, 15) is 0 Å². The van der Waals surface area contributed by atoms with Gasteiger partial charge in [0, 0.05) is 12.0 Å². The highest BCUT2D eigenvalue weighted by molar-refractivity contribution is 5.71. The molecule has 2 atom stereocenters. The molecule has 3 heteroatoms. The minimum Gasteiger partial charge on any atom is -0.450 e. The van der Waals surface area contributed by atoms with Crippen LogP contribution in [0.4, 0.5) is 0 Å². The van der Waals surface area contributed by atoms with Crippen molar-refractivity contribution in [2.24, 2.45) is 0 Å². The number of hydrogen-bond acceptors (Lipinski definition) is 2. The molecule has 78 valence electrons. The molecule has 2 aliphatic rings. The molecule has 1 aliphatic heterocycles. The van der Waals surface area contributed by atoms with Gasteiger partial charge in [0.25, 0.3) is 0 Å². The van der Waals surface area contributed by atoms with Crippen LogP contribution in [-0.2, 0) is 15.9 Å². The number of hydrogen-bond donors (Lipinski definition) is 1. The zero-order valence-corrected chi connectivity index (χ0v) is 8.69. The third-order valence-electron chi connectivity index (χ3n) is 3.17. The average molecular weight is 204 g/mol. The van der Waals surface area contributed by atoms with E-state index in [0.717, 1.165) is 12.3 Å². The Bertz CT molecular complexity index is 414. The van der Waals surface area contributed by atoms with Crippen LogP contribution < -0.4 is 4.99 Å². The van der Waals surface area contributed by atoms with Crippen LogP contribution in [0.1, 0.15) is 17.2 Å². The van der Waals surface area contributed by atoms with Crippen LogP contribution in [0.2, 0.25) is 0 Å². The molecule has 0 saturated carbocycles. The Hall–Kier alpha value is -1.35. The molecule has 0 amide bonds. The van der Waals surface area contributed by atoms with Crippen LogP contribution in [-0.4, -0.2) is 25.7 Å². The fourth-order valence-corrected chi connectivity index (χ4v) is 2.40. The zero-order chi connectivity index (χ0) is 10.3. The van der Waals surface area contributed by atoms with Crippen LogP contribution >= 0.6 is 0 Å². The van der Waals surface area contributed by atoms with Gasteiger partial charge in [0.2, 0.25) is 6.04 Å². The Labute approximate surface area is 88.7 Å². The van der Waals surface area contributed by atoms with Crippen molar-refractivity contribution in [3.05, 3.63) is 35.4 Å². The van der Waals surface area contributed by atoms with Gasteiger partial charge in [0.1, 0.15) is 6.10 Å². The minimum absolute atomic E-state index is 0.265. The highest BCUT2D eigenvalue weighted by atomic mass is 16.5. The first-order valence-corrected chi connectivity index (χ1v) is 5.24. The third kappa shape index (κ3) is 1.35. The van der Waals surface area contributed by atoms with Gasteiger partial charge in [-0.05, 0) is 5.56 Å². The third-order valence-corrected chi connectivity index (χ3v) is 3.17. The van der Waals surface area contributed by atoms with Crippen LogP contribution in [0.15, 0.2) is 24.3 Å². The lowest BCUT2D eigenvalue weighted by molar-refractivity contribution is -0.543. The fraction of sp³-hybridized carbons (Fsp3) is 0.417. The van der Waals surface area contributed by atoms with Gasteiger partial charge >= 0.3 is 5.90 Å². The Morgan fingerprint density at radius 3 is 3.13 bits per heavy atom. The van der Waals surface area contributed by atoms with E-state index in [1.807, 2.05) is 0 Å². The van der Waals surface area contributed by atoms with E-state index in [2.05, 4.69) is 29.3 Å². The van der Waals surface area contributed by atoms with E-state index in [1.165, 1.54) is 11.1 Å². The average Bonchev–Trinajstić information content (AvgIpc) is 2.66. The SMILES string of the molecule is COC1=[NH+][C@@H]2c3ccccc3C[C@@H]2OC1. The normalized spacial score (nSPS) is 27.9. The van der Waals surface area contributed by atoms with Gasteiger partial charge in [-0.1, -0.05) is 24.3 Å². The highest BCUT2D eigenvalue weighted by Gasteiger charge is 2.41. The summed E-state index contributed by atoms with van der Waals surface area (Å²) < 4.78 is 11.0. The minimum atomic E-state index is 0.265. The fourth-order valence-electron chi connectivity index (χ4n) is 2.40. The molecule has 0 fully saturated rings. The summed E-state index contributed by atoms with van der Waals surface area (Å²) in [6.45, 7) is 0.561. The lowest BCUT2D eigenvalue weighted by Gasteiger charge is -2.18. The number of benzene rings is 1. The molecule has 1 aromatic carbocycles. The molecule has 1 heterocycles. The summed E-state index contributed by atoms with van der Waals surface area (Å²) in [5, 5.41) is 0. The summed E-state index contributed by atoms with van der Waals surface area (Å²) in [7, 11) is 1.67. The molecule has 1 N–H and O–H groups in total. The molecular weight excluding hydrogens is 190 g/mol. The molecule has 1 aromatic rings. The number of rotatable bonds is 0. The maximum atomic E-state index is 5.76. The van der Waals surface area contributed by atoms with Crippen molar-refractivity contribution in [2.75, 3.05) is 13.7 Å². The first-order chi connectivity index (χ1) is 7.38. The second-order valence-electron chi connectivity index (χ2n) is 4.00. The van der Waals surface area contributed by atoms with Crippen molar-refractivity contribution in [3.8, 4) is 0 Å². The lowest BCUT2D eigenvalue weighted by Crippen LogP contribution is -2.80. The number of ether oxygens (including phenoxy) is 2. The molecule has 3 nitrogen and oxygen atoms in total. The maximum absolute atomic E-state index is 5.76. The first kappa shape index (κ1) is 8.92. The van der Waals surface area contributed by atoms with Gasteiger partial charge in [0.15, 0.2) is 6.61 Å². The topological polar surface area (TPSA) is 32.4 Å². The summed E-state index contributed by atoms with van der Waals surface area (Å²) in [6, 6.07) is 8.76. The van der Waals surface area contributed by atoms with E-state index in [0.29, 0.717) is 6.61 Å². The van der Waals surface area contributed by atoms with Gasteiger partial charge in [0.05, 0.1) is 7.11 Å². The highest BCUT2D eigenvalue weighted by Crippen LogP contribution is 2.30. The Kier molecular flexibility index (Phi) is 1.99. The molecule has 3 rings (SSSR count). The van der Waals surface area contributed by atoms with Crippen LogP contribution in [0.5, 0.6) is 0 Å². The predicted molar refractivity (Wildman–Crippen MR) is 55.6 cm³/mol. The van der Waals surface area contributed by atoms with Crippen molar-refractivity contribution in [3.63, 3.8) is 0 Å². The number of methoxy groups -OCH3 is 1. The van der Waals surface area contributed by atoms with Gasteiger partial charge < -0.3 is 9.47 Å². The predicted octanol–water partition coefficient (Wildman–Crippen LogP) is -0.192. The summed E-state index contributed by atoms with van der Waals surface area (Å²) in [5.41, 5.74) is 2.73. The summed E-state index contributed by atoms with van der Waals surface area (Å²) in [6.07, 6.45) is 1.27. The van der Waals surface area contributed by atoms with E-state index in [1.54, 1.807) is 7.11 Å². The molecule has 0 unspecified atom stereocenters. The molecule has 0 aromatic heterocycles. The maximum Gasteiger partial charge on any atom is 0.361 e. The molecule has 0 radical (unpaired) electrons. The van der Waals surface area contributed by atoms with Crippen molar-refractivity contribution < 1.29 is 14.5 Å². The molecule has 0 bridgehead atoms. The second kappa shape index (κ2) is 3.35. The number of fused-ring (bicyclic) bond motifs is 3. The second-order valence-corrected chi connectivity index (χ2v) is 4.00. The molecule has 0 saturated heterocycles. The first-order valence-electron chi connectivity index (χ1n) is 5.24. The molecule has 15 heavy (non-hydrogen) atoms.